The number of hydrogen-bond acceptors (Lipinski definition) is 7. The molecule has 0 radical (unpaired) electrons. The third kappa shape index (κ3) is 3.90. The maximum absolute atomic E-state index is 13.7. The number of hydrogen-bond donors (Lipinski definition) is 3. The first-order valence-corrected chi connectivity index (χ1v) is 11.7. The van der Waals surface area contributed by atoms with Gasteiger partial charge in [-0.25, -0.2) is 15.0 Å². The maximum atomic E-state index is 13.7. The maximum Gasteiger partial charge on any atom is 0.273 e. The Morgan fingerprint density at radius 2 is 1.97 bits per heavy atom. The van der Waals surface area contributed by atoms with E-state index < -0.39 is 0 Å². The molecule has 5 rings (SSSR count). The topological polar surface area (TPSA) is 125 Å². The largest absolute Gasteiger partial charge is 0.508 e. The Bertz CT molecular complexity index is 1620. The van der Waals surface area contributed by atoms with E-state index in [4.69, 9.17) is 9.97 Å². The van der Waals surface area contributed by atoms with Gasteiger partial charge in [-0.3, -0.25) is 9.89 Å². The zero-order chi connectivity index (χ0) is 25.6. The lowest BCUT2D eigenvalue weighted by molar-refractivity contribution is 0.0778. The standard InChI is InChI=1S/C26H28N8O2/c1-6-22-28-12-15(34(22)5)13-33(4)26(36)23-18-10-16(35)7-8-20(18)29-25(30-23)17-11-19-21(9-14(17)2)31-32-24(19)27-3/h7-12,35H,6,13H2,1-5H3,(H2,27,31,32). The van der Waals surface area contributed by atoms with E-state index in [0.29, 0.717) is 23.3 Å². The van der Waals surface area contributed by atoms with Gasteiger partial charge in [0.05, 0.1) is 29.5 Å². The van der Waals surface area contributed by atoms with E-state index >= 15 is 0 Å². The van der Waals surface area contributed by atoms with Crippen molar-refractivity contribution in [2.45, 2.75) is 26.8 Å². The van der Waals surface area contributed by atoms with Crippen LogP contribution in [0.5, 0.6) is 5.75 Å². The summed E-state index contributed by atoms with van der Waals surface area (Å²) in [6.45, 7) is 4.38. The van der Waals surface area contributed by atoms with Crippen LogP contribution < -0.4 is 5.32 Å². The van der Waals surface area contributed by atoms with Gasteiger partial charge in [0.1, 0.15) is 23.1 Å². The number of nitrogens with zero attached hydrogens (tertiary/aromatic N) is 6. The van der Waals surface area contributed by atoms with Crippen molar-refractivity contribution >= 4 is 33.5 Å². The van der Waals surface area contributed by atoms with Crippen LogP contribution in [0.3, 0.4) is 0 Å². The highest BCUT2D eigenvalue weighted by Gasteiger charge is 2.22. The number of imidazole rings is 1. The number of rotatable bonds is 6. The molecule has 0 aliphatic heterocycles. The van der Waals surface area contributed by atoms with Crippen molar-refractivity contribution in [3.63, 3.8) is 0 Å². The van der Waals surface area contributed by atoms with Crippen molar-refractivity contribution in [2.24, 2.45) is 7.05 Å². The molecule has 0 atom stereocenters. The molecule has 0 saturated carbocycles. The summed E-state index contributed by atoms with van der Waals surface area (Å²) in [6.07, 6.45) is 2.60. The molecule has 2 aromatic carbocycles. The van der Waals surface area contributed by atoms with Crippen molar-refractivity contribution in [3.8, 4) is 17.1 Å². The zero-order valence-electron chi connectivity index (χ0n) is 20.9. The Morgan fingerprint density at radius 1 is 1.17 bits per heavy atom. The fraction of sp³-hybridized carbons (Fsp3) is 0.269. The van der Waals surface area contributed by atoms with Gasteiger partial charge in [0.15, 0.2) is 5.82 Å². The molecule has 3 N–H and O–H groups in total. The number of anilines is 1. The van der Waals surface area contributed by atoms with Gasteiger partial charge < -0.3 is 19.9 Å². The van der Waals surface area contributed by atoms with E-state index in [1.807, 2.05) is 44.6 Å². The molecule has 10 nitrogen and oxygen atoms in total. The average Bonchev–Trinajstić information content (AvgIpc) is 3.44. The third-order valence-electron chi connectivity index (χ3n) is 6.52. The minimum atomic E-state index is -0.272. The monoisotopic (exact) mass is 484 g/mol. The number of carbonyl (C=O) groups excluding carboxylic acids is 1. The van der Waals surface area contributed by atoms with E-state index in [9.17, 15) is 9.90 Å². The zero-order valence-corrected chi connectivity index (χ0v) is 20.9. The van der Waals surface area contributed by atoms with Crippen molar-refractivity contribution < 1.29 is 9.90 Å². The van der Waals surface area contributed by atoms with E-state index in [-0.39, 0.29) is 17.4 Å². The summed E-state index contributed by atoms with van der Waals surface area (Å²) < 4.78 is 2.00. The molecule has 0 aliphatic carbocycles. The number of phenolic OH excluding ortho intramolecular Hbond substituents is 1. The Kier molecular flexibility index (Phi) is 5.79. The first-order valence-electron chi connectivity index (χ1n) is 11.7. The van der Waals surface area contributed by atoms with Crippen molar-refractivity contribution in [3.05, 3.63) is 59.3 Å². The van der Waals surface area contributed by atoms with Crippen LogP contribution in [-0.4, -0.2) is 59.7 Å². The van der Waals surface area contributed by atoms with Gasteiger partial charge in [-0.05, 0) is 42.8 Å². The van der Waals surface area contributed by atoms with E-state index in [1.165, 1.54) is 6.07 Å². The number of benzene rings is 2. The quantitative estimate of drug-likeness (QED) is 0.335. The van der Waals surface area contributed by atoms with E-state index in [2.05, 4.69) is 20.5 Å². The number of aryl methyl sites for hydroxylation is 2. The van der Waals surface area contributed by atoms with Crippen LogP contribution >= 0.6 is 0 Å². The molecule has 0 spiro atoms. The minimum Gasteiger partial charge on any atom is -0.508 e. The predicted molar refractivity (Wildman–Crippen MR) is 139 cm³/mol. The lowest BCUT2D eigenvalue weighted by atomic mass is 10.0. The van der Waals surface area contributed by atoms with Gasteiger partial charge in [-0.15, -0.1) is 0 Å². The molecule has 5 aromatic rings. The molecule has 0 unspecified atom stereocenters. The molecule has 0 saturated heterocycles. The fourth-order valence-corrected chi connectivity index (χ4v) is 4.45. The van der Waals surface area contributed by atoms with Crippen LogP contribution in [0.4, 0.5) is 5.82 Å². The molecule has 36 heavy (non-hydrogen) atoms. The second-order valence-electron chi connectivity index (χ2n) is 8.87. The molecular formula is C26H28N8O2. The van der Waals surface area contributed by atoms with Gasteiger partial charge in [0, 0.05) is 43.9 Å². The number of aromatic nitrogens is 6. The van der Waals surface area contributed by atoms with E-state index in [0.717, 1.165) is 45.8 Å². The number of aromatic hydroxyl groups is 1. The normalized spacial score (nSPS) is 11.4. The Morgan fingerprint density at radius 3 is 2.69 bits per heavy atom. The summed E-state index contributed by atoms with van der Waals surface area (Å²) in [6, 6.07) is 8.73. The molecule has 0 bridgehead atoms. The second-order valence-corrected chi connectivity index (χ2v) is 8.87. The number of nitrogens with one attached hydrogen (secondary N) is 2. The summed E-state index contributed by atoms with van der Waals surface area (Å²) in [5.41, 5.74) is 4.28. The highest BCUT2D eigenvalue weighted by atomic mass is 16.3. The van der Waals surface area contributed by atoms with E-state index in [1.54, 1.807) is 30.3 Å². The minimum absolute atomic E-state index is 0.0458. The fourth-order valence-electron chi connectivity index (χ4n) is 4.45. The third-order valence-corrected chi connectivity index (χ3v) is 6.52. The Hall–Kier alpha value is -4.47. The number of aromatic amines is 1. The molecule has 184 valence electrons. The van der Waals surface area contributed by atoms with Crippen LogP contribution in [0.15, 0.2) is 36.5 Å². The van der Waals surface area contributed by atoms with Crippen LogP contribution in [-0.2, 0) is 20.0 Å². The smallest absolute Gasteiger partial charge is 0.273 e. The summed E-state index contributed by atoms with van der Waals surface area (Å²) in [5, 5.41) is 22.0. The molecule has 0 aliphatic rings. The summed E-state index contributed by atoms with van der Waals surface area (Å²) >= 11 is 0. The number of phenols is 1. The SMILES string of the molecule is CCc1ncc(CN(C)C(=O)c2nc(-c3cc4c(NC)[nH]nc4cc3C)nc3ccc(O)cc23)n1C. The van der Waals surface area contributed by atoms with Crippen molar-refractivity contribution in [2.75, 3.05) is 19.4 Å². The number of amides is 1. The van der Waals surface area contributed by atoms with Gasteiger partial charge in [-0.1, -0.05) is 6.92 Å². The van der Waals surface area contributed by atoms with Gasteiger partial charge >= 0.3 is 0 Å². The highest BCUT2D eigenvalue weighted by molar-refractivity contribution is 6.05. The van der Waals surface area contributed by atoms with Crippen LogP contribution in [0.2, 0.25) is 0 Å². The predicted octanol–water partition coefficient (Wildman–Crippen LogP) is 3.80. The lowest BCUT2D eigenvalue weighted by Crippen LogP contribution is -2.28. The lowest BCUT2D eigenvalue weighted by Gasteiger charge is -2.19. The molecule has 0 fully saturated rings. The number of fused-ring (bicyclic) bond motifs is 2. The summed E-state index contributed by atoms with van der Waals surface area (Å²) in [4.78, 5) is 29.2. The molecular weight excluding hydrogens is 456 g/mol. The van der Waals surface area contributed by atoms with Crippen LogP contribution in [0.1, 0.15) is 34.5 Å². The van der Waals surface area contributed by atoms with Gasteiger partial charge in [0.25, 0.3) is 5.91 Å². The first kappa shape index (κ1) is 23.3. The Balaban J connectivity index is 1.62. The number of H-pyrrole nitrogens is 1. The summed E-state index contributed by atoms with van der Waals surface area (Å²) in [7, 11) is 5.51. The van der Waals surface area contributed by atoms with Crippen molar-refractivity contribution in [1.82, 2.24) is 34.6 Å². The van der Waals surface area contributed by atoms with Gasteiger partial charge in [0.2, 0.25) is 0 Å². The van der Waals surface area contributed by atoms with Crippen LogP contribution in [0, 0.1) is 6.92 Å². The first-order chi connectivity index (χ1) is 17.3. The van der Waals surface area contributed by atoms with Crippen LogP contribution in [0.25, 0.3) is 33.2 Å². The molecule has 10 heteroatoms. The second kappa shape index (κ2) is 8.95. The Labute approximate surface area is 208 Å². The van der Waals surface area contributed by atoms with Gasteiger partial charge in [-0.2, -0.15) is 5.10 Å². The molecule has 3 aromatic heterocycles. The summed E-state index contributed by atoms with van der Waals surface area (Å²) in [5.74, 6) is 1.95. The highest BCUT2D eigenvalue weighted by Crippen LogP contribution is 2.31. The number of carbonyl (C=O) groups is 1. The van der Waals surface area contributed by atoms with Crippen molar-refractivity contribution in [1.29, 1.82) is 0 Å². The molecule has 3 heterocycles. The average molecular weight is 485 g/mol. The molecule has 1 amide bonds.